The van der Waals surface area contributed by atoms with E-state index in [2.05, 4.69) is 30.4 Å². The molecule has 1 N–H and O–H groups in total. The second-order valence-corrected chi connectivity index (χ2v) is 6.91. The van der Waals surface area contributed by atoms with Crippen LogP contribution in [-0.2, 0) is 5.41 Å². The van der Waals surface area contributed by atoms with E-state index >= 15 is 0 Å². The van der Waals surface area contributed by atoms with Crippen LogP contribution in [0.1, 0.15) is 42.3 Å². The van der Waals surface area contributed by atoms with Crippen molar-refractivity contribution in [3.63, 3.8) is 0 Å². The largest absolute Gasteiger partial charge is 0.382 e. The van der Waals surface area contributed by atoms with Crippen LogP contribution in [0, 0.1) is 0 Å². The Morgan fingerprint density at radius 2 is 2.06 bits per heavy atom. The number of nitrogens with zero attached hydrogens (tertiary/aromatic N) is 2. The number of aromatic nitrogens is 2. The number of hydrogen-bond acceptors (Lipinski definition) is 5. The van der Waals surface area contributed by atoms with Crippen molar-refractivity contribution in [3.05, 3.63) is 31.9 Å². The summed E-state index contributed by atoms with van der Waals surface area (Å²) in [7, 11) is 0. The first-order chi connectivity index (χ1) is 7.91. The maximum atomic E-state index is 10.4. The Morgan fingerprint density at radius 1 is 1.35 bits per heavy atom. The third-order valence-corrected chi connectivity index (χ3v) is 4.55. The van der Waals surface area contributed by atoms with Crippen LogP contribution in [-0.4, -0.2) is 14.7 Å². The van der Waals surface area contributed by atoms with E-state index in [1.165, 1.54) is 22.9 Å². The molecule has 2 rings (SSSR count). The SMILES string of the molecule is CC(C)(C)c1nnsc1C(O)c1sccc1Cl. The molecule has 0 fully saturated rings. The Bertz CT molecular complexity index is 516. The summed E-state index contributed by atoms with van der Waals surface area (Å²) in [6.07, 6.45) is -0.725. The van der Waals surface area contributed by atoms with Gasteiger partial charge in [-0.25, -0.2) is 0 Å². The molecular weight excluding hydrogens is 276 g/mol. The summed E-state index contributed by atoms with van der Waals surface area (Å²) in [4.78, 5) is 1.53. The van der Waals surface area contributed by atoms with Gasteiger partial charge in [-0.15, -0.1) is 16.4 Å². The summed E-state index contributed by atoms with van der Waals surface area (Å²) < 4.78 is 3.94. The monoisotopic (exact) mass is 288 g/mol. The van der Waals surface area contributed by atoms with Gasteiger partial charge in [0.1, 0.15) is 6.10 Å². The highest BCUT2D eigenvalue weighted by Crippen LogP contribution is 2.38. The van der Waals surface area contributed by atoms with Gasteiger partial charge in [0, 0.05) is 5.41 Å². The van der Waals surface area contributed by atoms with Crippen molar-refractivity contribution in [2.75, 3.05) is 0 Å². The van der Waals surface area contributed by atoms with E-state index in [4.69, 9.17) is 11.6 Å². The standard InChI is InChI=1S/C11H13ClN2OS2/c1-11(2,3)10-9(17-14-13-10)7(15)8-6(12)4-5-16-8/h4-5,7,15H,1-3H3. The molecule has 1 unspecified atom stereocenters. The van der Waals surface area contributed by atoms with E-state index in [-0.39, 0.29) is 5.41 Å². The molecule has 0 spiro atoms. The van der Waals surface area contributed by atoms with E-state index in [1.54, 1.807) is 6.07 Å². The van der Waals surface area contributed by atoms with Gasteiger partial charge in [0.2, 0.25) is 0 Å². The molecule has 1 atom stereocenters. The minimum absolute atomic E-state index is 0.132. The maximum absolute atomic E-state index is 10.4. The zero-order valence-corrected chi connectivity index (χ0v) is 12.2. The number of hydrogen-bond donors (Lipinski definition) is 1. The lowest BCUT2D eigenvalue weighted by atomic mass is 9.90. The van der Waals surface area contributed by atoms with Crippen LogP contribution in [0.15, 0.2) is 11.4 Å². The Labute approximate surface area is 113 Å². The second kappa shape index (κ2) is 4.65. The molecule has 3 nitrogen and oxygen atoms in total. The number of thiophene rings is 1. The molecular formula is C11H13ClN2OS2. The van der Waals surface area contributed by atoms with Crippen molar-refractivity contribution in [3.8, 4) is 0 Å². The van der Waals surface area contributed by atoms with Crippen molar-refractivity contribution < 1.29 is 5.11 Å². The van der Waals surface area contributed by atoms with E-state index in [1.807, 2.05) is 5.38 Å². The fourth-order valence-corrected chi connectivity index (χ4v) is 3.61. The van der Waals surface area contributed by atoms with Gasteiger partial charge in [0.05, 0.1) is 20.5 Å². The molecule has 0 amide bonds. The van der Waals surface area contributed by atoms with Gasteiger partial charge in [0.15, 0.2) is 0 Å². The zero-order valence-electron chi connectivity index (χ0n) is 9.77. The molecule has 2 aromatic heterocycles. The summed E-state index contributed by atoms with van der Waals surface area (Å²) in [6.45, 7) is 6.15. The topological polar surface area (TPSA) is 46.0 Å². The van der Waals surface area contributed by atoms with Gasteiger partial charge in [0.25, 0.3) is 0 Å². The Kier molecular flexibility index (Phi) is 3.54. The minimum atomic E-state index is -0.725. The van der Waals surface area contributed by atoms with E-state index in [0.717, 1.165) is 15.4 Å². The Morgan fingerprint density at radius 3 is 2.59 bits per heavy atom. The maximum Gasteiger partial charge on any atom is 0.127 e. The van der Waals surface area contributed by atoms with Gasteiger partial charge in [-0.1, -0.05) is 36.9 Å². The van der Waals surface area contributed by atoms with Gasteiger partial charge < -0.3 is 5.11 Å². The summed E-state index contributed by atoms with van der Waals surface area (Å²) in [6, 6.07) is 1.79. The van der Waals surface area contributed by atoms with Gasteiger partial charge in [-0.05, 0) is 23.0 Å². The lowest BCUT2D eigenvalue weighted by Crippen LogP contribution is -2.15. The second-order valence-electron chi connectivity index (χ2n) is 4.77. The third-order valence-electron chi connectivity index (χ3n) is 2.37. The lowest BCUT2D eigenvalue weighted by molar-refractivity contribution is 0.225. The van der Waals surface area contributed by atoms with Crippen LogP contribution in [0.4, 0.5) is 0 Å². The average molecular weight is 289 g/mol. The van der Waals surface area contributed by atoms with Crippen molar-refractivity contribution in [2.24, 2.45) is 0 Å². The molecule has 0 aliphatic carbocycles. The Balaban J connectivity index is 2.42. The van der Waals surface area contributed by atoms with Gasteiger partial charge in [-0.2, -0.15) is 0 Å². The average Bonchev–Trinajstić information content (AvgIpc) is 2.82. The van der Waals surface area contributed by atoms with Crippen molar-refractivity contribution in [1.82, 2.24) is 9.59 Å². The molecule has 0 bridgehead atoms. The van der Waals surface area contributed by atoms with Gasteiger partial charge >= 0.3 is 0 Å². The zero-order chi connectivity index (χ0) is 12.6. The van der Waals surface area contributed by atoms with Crippen LogP contribution >= 0.6 is 34.5 Å². The molecule has 0 saturated carbocycles. The molecule has 92 valence electrons. The van der Waals surface area contributed by atoms with Crippen LogP contribution in [0.3, 0.4) is 0 Å². The fourth-order valence-electron chi connectivity index (χ4n) is 1.52. The van der Waals surface area contributed by atoms with Crippen LogP contribution in [0.5, 0.6) is 0 Å². The summed E-state index contributed by atoms with van der Waals surface area (Å²) in [5.74, 6) is 0. The lowest BCUT2D eigenvalue weighted by Gasteiger charge is -2.18. The molecule has 0 aliphatic heterocycles. The molecule has 0 radical (unpaired) electrons. The first-order valence-electron chi connectivity index (χ1n) is 5.15. The van der Waals surface area contributed by atoms with Crippen LogP contribution in [0.25, 0.3) is 0 Å². The molecule has 0 aliphatic rings. The first kappa shape index (κ1) is 13.0. The highest BCUT2D eigenvalue weighted by Gasteiger charge is 2.28. The van der Waals surface area contributed by atoms with Crippen molar-refractivity contribution in [1.29, 1.82) is 0 Å². The number of aliphatic hydroxyl groups is 1. The van der Waals surface area contributed by atoms with Crippen LogP contribution in [0.2, 0.25) is 5.02 Å². The minimum Gasteiger partial charge on any atom is -0.382 e. The third kappa shape index (κ3) is 2.52. The summed E-state index contributed by atoms with van der Waals surface area (Å²) in [5.41, 5.74) is 0.701. The predicted molar refractivity (Wildman–Crippen MR) is 72.0 cm³/mol. The van der Waals surface area contributed by atoms with E-state index in [0.29, 0.717) is 5.02 Å². The number of aliphatic hydroxyl groups excluding tert-OH is 1. The summed E-state index contributed by atoms with van der Waals surface area (Å²) in [5, 5.41) is 16.9. The summed E-state index contributed by atoms with van der Waals surface area (Å²) >= 11 is 8.71. The molecule has 0 saturated heterocycles. The first-order valence-corrected chi connectivity index (χ1v) is 7.18. The fraction of sp³-hybridized carbons (Fsp3) is 0.455. The van der Waals surface area contributed by atoms with E-state index < -0.39 is 6.10 Å². The highest BCUT2D eigenvalue weighted by atomic mass is 35.5. The van der Waals surface area contributed by atoms with Crippen molar-refractivity contribution in [2.45, 2.75) is 32.3 Å². The van der Waals surface area contributed by atoms with E-state index in [9.17, 15) is 5.11 Å². The molecule has 17 heavy (non-hydrogen) atoms. The molecule has 6 heteroatoms. The molecule has 2 heterocycles. The van der Waals surface area contributed by atoms with Gasteiger partial charge in [-0.3, -0.25) is 0 Å². The smallest absolute Gasteiger partial charge is 0.127 e. The normalized spacial score (nSPS) is 13.9. The number of rotatable bonds is 2. The Hall–Kier alpha value is -0.490. The quantitative estimate of drug-likeness (QED) is 0.918. The van der Waals surface area contributed by atoms with Crippen molar-refractivity contribution >= 4 is 34.5 Å². The number of halogens is 1. The predicted octanol–water partition coefficient (Wildman–Crippen LogP) is 3.63. The molecule has 0 aromatic carbocycles. The highest BCUT2D eigenvalue weighted by molar-refractivity contribution is 7.11. The van der Waals surface area contributed by atoms with Crippen LogP contribution < -0.4 is 0 Å². The molecule has 2 aromatic rings.